The molecule has 0 atom stereocenters. The summed E-state index contributed by atoms with van der Waals surface area (Å²) in [4.78, 5) is 16.9. The molecule has 1 heterocycles. The molecule has 1 fully saturated rings. The van der Waals surface area contributed by atoms with Gasteiger partial charge in [-0.2, -0.15) is 0 Å². The average Bonchev–Trinajstić information content (AvgIpc) is 3.28. The van der Waals surface area contributed by atoms with Gasteiger partial charge in [0, 0.05) is 28.2 Å². The van der Waals surface area contributed by atoms with Crippen molar-refractivity contribution in [2.75, 3.05) is 7.11 Å². The van der Waals surface area contributed by atoms with Crippen molar-refractivity contribution in [1.82, 2.24) is 4.90 Å². The van der Waals surface area contributed by atoms with Gasteiger partial charge in [-0.25, -0.2) is 0 Å². The van der Waals surface area contributed by atoms with Gasteiger partial charge in [0.1, 0.15) is 10.6 Å². The third-order valence-electron chi connectivity index (χ3n) is 7.83. The van der Waals surface area contributed by atoms with E-state index >= 15 is 0 Å². The molecule has 5 rings (SSSR count). The highest BCUT2D eigenvalue weighted by molar-refractivity contribution is 7.21. The molecule has 3 nitrogen and oxygen atoms in total. The number of hydrogen-bond donors (Lipinski definition) is 0. The lowest BCUT2D eigenvalue weighted by atomic mass is 9.83. The topological polar surface area (TPSA) is 29.5 Å². The molecule has 1 aromatic heterocycles. The van der Waals surface area contributed by atoms with Crippen LogP contribution in [0.4, 0.5) is 0 Å². The Bertz CT molecular complexity index is 1390. The first-order valence-corrected chi connectivity index (χ1v) is 14.4. The number of amides is 1. The lowest BCUT2D eigenvalue weighted by molar-refractivity contribution is 0.0591. The molecule has 0 N–H and O–H groups in total. The standard InChI is InChI=1S/C32H34ClNO2S/c1-4-22-11-16-26(17-12-22)34(32(35)31-30(33)27-7-5-6-8-29(27)37-31)20-25-19-24(15-18-28(25)36-3)23-13-9-21(2)10-14-23/h5-10,13-15,18-19,22,26H,4,11-12,16-17,20H2,1-3H3. The van der Waals surface area contributed by atoms with E-state index in [1.54, 1.807) is 7.11 Å². The van der Waals surface area contributed by atoms with Crippen molar-refractivity contribution >= 4 is 38.9 Å². The lowest BCUT2D eigenvalue weighted by Gasteiger charge is -2.37. The normalized spacial score (nSPS) is 17.6. The first-order valence-electron chi connectivity index (χ1n) is 13.2. The van der Waals surface area contributed by atoms with Gasteiger partial charge in [-0.15, -0.1) is 11.3 Å². The predicted octanol–water partition coefficient (Wildman–Crippen LogP) is 9.15. The monoisotopic (exact) mass is 531 g/mol. The van der Waals surface area contributed by atoms with Crippen LogP contribution < -0.4 is 4.74 Å². The molecule has 5 heteroatoms. The Labute approximate surface area is 229 Å². The van der Waals surface area contributed by atoms with Gasteiger partial charge in [-0.3, -0.25) is 4.79 Å². The number of benzene rings is 3. The number of aryl methyl sites for hydroxylation is 1. The molecule has 1 amide bonds. The number of carbonyl (C=O) groups excluding carboxylic acids is 1. The van der Waals surface area contributed by atoms with Crippen LogP contribution in [0.5, 0.6) is 5.75 Å². The van der Waals surface area contributed by atoms with E-state index in [0.29, 0.717) is 16.4 Å². The molecular weight excluding hydrogens is 498 g/mol. The van der Waals surface area contributed by atoms with Gasteiger partial charge in [-0.05, 0) is 67.9 Å². The van der Waals surface area contributed by atoms with Crippen LogP contribution in [0.25, 0.3) is 21.2 Å². The molecule has 0 radical (unpaired) electrons. The van der Waals surface area contributed by atoms with Crippen LogP contribution in [0.1, 0.15) is 59.8 Å². The molecule has 0 spiro atoms. The first-order chi connectivity index (χ1) is 18.0. The van der Waals surface area contributed by atoms with Gasteiger partial charge < -0.3 is 9.64 Å². The van der Waals surface area contributed by atoms with E-state index < -0.39 is 0 Å². The van der Waals surface area contributed by atoms with E-state index in [2.05, 4.69) is 55.1 Å². The van der Waals surface area contributed by atoms with Crippen LogP contribution in [-0.2, 0) is 6.54 Å². The van der Waals surface area contributed by atoms with E-state index in [-0.39, 0.29) is 11.9 Å². The SMILES string of the molecule is CCC1CCC(N(Cc2cc(-c3ccc(C)cc3)ccc2OC)C(=O)c2sc3ccccc3c2Cl)CC1. The molecule has 0 aliphatic heterocycles. The van der Waals surface area contributed by atoms with Crippen molar-refractivity contribution in [2.45, 2.75) is 58.5 Å². The van der Waals surface area contributed by atoms with Gasteiger partial charge in [0.25, 0.3) is 5.91 Å². The Morgan fingerprint density at radius 3 is 2.38 bits per heavy atom. The van der Waals surface area contributed by atoms with E-state index in [9.17, 15) is 4.79 Å². The van der Waals surface area contributed by atoms with Crippen LogP contribution in [0, 0.1) is 12.8 Å². The van der Waals surface area contributed by atoms with E-state index in [4.69, 9.17) is 16.3 Å². The van der Waals surface area contributed by atoms with Gasteiger partial charge in [0.05, 0.1) is 12.1 Å². The molecule has 0 unspecified atom stereocenters. The Hall–Kier alpha value is -2.82. The highest BCUT2D eigenvalue weighted by Gasteiger charge is 2.32. The maximum Gasteiger partial charge on any atom is 0.266 e. The van der Waals surface area contributed by atoms with Crippen LogP contribution in [0.15, 0.2) is 66.7 Å². The van der Waals surface area contributed by atoms with Crippen molar-refractivity contribution < 1.29 is 9.53 Å². The minimum atomic E-state index is 0.0222. The molecule has 1 aliphatic carbocycles. The van der Waals surface area contributed by atoms with Gasteiger partial charge in [0.2, 0.25) is 0 Å². The number of methoxy groups -OCH3 is 1. The van der Waals surface area contributed by atoms with E-state index in [0.717, 1.165) is 64.1 Å². The predicted molar refractivity (Wildman–Crippen MR) is 156 cm³/mol. The number of fused-ring (bicyclic) bond motifs is 1. The number of ether oxygens (including phenoxy) is 1. The molecule has 37 heavy (non-hydrogen) atoms. The molecule has 0 saturated heterocycles. The summed E-state index contributed by atoms with van der Waals surface area (Å²) in [6.45, 7) is 4.86. The first kappa shape index (κ1) is 25.8. The van der Waals surface area contributed by atoms with E-state index in [1.807, 2.05) is 30.3 Å². The Kier molecular flexibility index (Phi) is 7.87. The quantitative estimate of drug-likeness (QED) is 0.238. The second-order valence-corrected chi connectivity index (χ2v) is 11.6. The number of halogens is 1. The van der Waals surface area contributed by atoms with Crippen molar-refractivity contribution in [3.05, 3.63) is 87.8 Å². The molecule has 4 aromatic rings. The van der Waals surface area contributed by atoms with Crippen molar-refractivity contribution in [3.8, 4) is 16.9 Å². The zero-order valence-electron chi connectivity index (χ0n) is 21.8. The second-order valence-electron chi connectivity index (χ2n) is 10.1. The zero-order valence-corrected chi connectivity index (χ0v) is 23.4. The molecular formula is C32H34ClNO2S. The van der Waals surface area contributed by atoms with Crippen LogP contribution in [0.3, 0.4) is 0 Å². The van der Waals surface area contributed by atoms with E-state index in [1.165, 1.54) is 23.3 Å². The number of thiophene rings is 1. The summed E-state index contributed by atoms with van der Waals surface area (Å²) in [7, 11) is 1.70. The number of carbonyl (C=O) groups is 1. The third kappa shape index (κ3) is 5.42. The number of rotatable bonds is 7. The van der Waals surface area contributed by atoms with Gasteiger partial charge in [-0.1, -0.05) is 79.0 Å². The fourth-order valence-corrected chi connectivity index (χ4v) is 6.99. The lowest BCUT2D eigenvalue weighted by Crippen LogP contribution is -2.41. The molecule has 3 aromatic carbocycles. The molecule has 192 valence electrons. The smallest absolute Gasteiger partial charge is 0.266 e. The summed E-state index contributed by atoms with van der Waals surface area (Å²) in [5.74, 6) is 1.58. The maximum absolute atomic E-state index is 14.2. The van der Waals surface area contributed by atoms with Crippen LogP contribution in [-0.4, -0.2) is 24.0 Å². The second kappa shape index (κ2) is 11.3. The number of nitrogens with zero attached hydrogens (tertiary/aromatic N) is 1. The fraction of sp³-hybridized carbons (Fsp3) is 0.344. The van der Waals surface area contributed by atoms with Crippen LogP contribution >= 0.6 is 22.9 Å². The minimum absolute atomic E-state index is 0.0222. The van der Waals surface area contributed by atoms with Crippen molar-refractivity contribution in [1.29, 1.82) is 0 Å². The Balaban J connectivity index is 1.52. The van der Waals surface area contributed by atoms with Crippen molar-refractivity contribution in [2.24, 2.45) is 5.92 Å². The summed E-state index contributed by atoms with van der Waals surface area (Å²) in [6, 6.07) is 23.0. The van der Waals surface area contributed by atoms with Crippen LogP contribution in [0.2, 0.25) is 5.02 Å². The minimum Gasteiger partial charge on any atom is -0.496 e. The Morgan fingerprint density at radius 2 is 1.70 bits per heavy atom. The third-order valence-corrected chi connectivity index (χ3v) is 9.49. The molecule has 1 saturated carbocycles. The highest BCUT2D eigenvalue weighted by Crippen LogP contribution is 2.39. The summed E-state index contributed by atoms with van der Waals surface area (Å²) < 4.78 is 6.82. The fourth-order valence-electron chi connectivity index (χ4n) is 5.52. The average molecular weight is 532 g/mol. The van der Waals surface area contributed by atoms with Gasteiger partial charge >= 0.3 is 0 Å². The summed E-state index contributed by atoms with van der Waals surface area (Å²) in [5, 5.41) is 1.52. The molecule has 0 bridgehead atoms. The molecule has 1 aliphatic rings. The van der Waals surface area contributed by atoms with Gasteiger partial charge in [0.15, 0.2) is 0 Å². The summed E-state index contributed by atoms with van der Waals surface area (Å²) in [5.41, 5.74) is 4.53. The highest BCUT2D eigenvalue weighted by atomic mass is 35.5. The zero-order chi connectivity index (χ0) is 25.9. The van der Waals surface area contributed by atoms with Crippen molar-refractivity contribution in [3.63, 3.8) is 0 Å². The Morgan fingerprint density at radius 1 is 1.00 bits per heavy atom. The summed E-state index contributed by atoms with van der Waals surface area (Å²) >= 11 is 8.30. The summed E-state index contributed by atoms with van der Waals surface area (Å²) in [6.07, 6.45) is 5.56. The largest absolute Gasteiger partial charge is 0.496 e. The number of hydrogen-bond acceptors (Lipinski definition) is 3. The maximum atomic E-state index is 14.2.